The molecule has 7 heteroatoms. The Labute approximate surface area is 171 Å². The van der Waals surface area contributed by atoms with Crippen LogP contribution in [0.15, 0.2) is 53.3 Å². The van der Waals surface area contributed by atoms with Crippen molar-refractivity contribution >= 4 is 33.2 Å². The summed E-state index contributed by atoms with van der Waals surface area (Å²) >= 11 is 0. The quantitative estimate of drug-likeness (QED) is 0.439. The fourth-order valence-electron chi connectivity index (χ4n) is 3.97. The number of rotatable bonds is 3. The van der Waals surface area contributed by atoms with Crippen LogP contribution in [0.3, 0.4) is 0 Å². The topological polar surface area (TPSA) is 65.6 Å². The number of halogens is 1. The SMILES string of the molecule is CC[C@H](C)n1c(C)nc2c(c1=O)c1nc3ccccc3nc1n2-c1ccccc1F. The van der Waals surface area contributed by atoms with Gasteiger partial charge in [0.1, 0.15) is 22.5 Å². The van der Waals surface area contributed by atoms with Gasteiger partial charge in [0.25, 0.3) is 5.56 Å². The molecule has 0 aliphatic carbocycles. The van der Waals surface area contributed by atoms with E-state index in [0.29, 0.717) is 39.1 Å². The molecule has 3 aromatic heterocycles. The summed E-state index contributed by atoms with van der Waals surface area (Å²) in [4.78, 5) is 27.8. The van der Waals surface area contributed by atoms with Crippen molar-refractivity contribution in [2.75, 3.05) is 0 Å². The van der Waals surface area contributed by atoms with Crippen molar-refractivity contribution in [2.45, 2.75) is 33.2 Å². The van der Waals surface area contributed by atoms with Crippen molar-refractivity contribution in [3.63, 3.8) is 0 Å². The van der Waals surface area contributed by atoms with Gasteiger partial charge in [0.05, 0.1) is 16.7 Å². The summed E-state index contributed by atoms with van der Waals surface area (Å²) in [7, 11) is 0. The smallest absolute Gasteiger partial charge is 0.265 e. The maximum atomic E-state index is 14.8. The van der Waals surface area contributed by atoms with Crippen molar-refractivity contribution in [1.29, 1.82) is 0 Å². The van der Waals surface area contributed by atoms with E-state index >= 15 is 0 Å². The highest BCUT2D eigenvalue weighted by atomic mass is 19.1. The maximum absolute atomic E-state index is 14.8. The summed E-state index contributed by atoms with van der Waals surface area (Å²) < 4.78 is 18.1. The van der Waals surface area contributed by atoms with Crippen molar-refractivity contribution in [3.8, 4) is 5.69 Å². The minimum Gasteiger partial charge on any atom is -0.293 e. The molecule has 0 fully saturated rings. The Morgan fingerprint density at radius 2 is 1.63 bits per heavy atom. The second-order valence-electron chi connectivity index (χ2n) is 7.46. The third kappa shape index (κ3) is 2.55. The van der Waals surface area contributed by atoms with Crippen molar-refractivity contribution < 1.29 is 4.39 Å². The van der Waals surface area contributed by atoms with E-state index in [0.717, 1.165) is 6.42 Å². The van der Waals surface area contributed by atoms with E-state index in [2.05, 4.69) is 0 Å². The van der Waals surface area contributed by atoms with Gasteiger partial charge in [-0.1, -0.05) is 31.2 Å². The molecule has 2 aromatic carbocycles. The van der Waals surface area contributed by atoms with Crippen LogP contribution in [0.4, 0.5) is 4.39 Å². The molecule has 0 spiro atoms. The van der Waals surface area contributed by atoms with Crippen molar-refractivity contribution in [2.24, 2.45) is 0 Å². The van der Waals surface area contributed by atoms with Crippen LogP contribution < -0.4 is 5.56 Å². The van der Waals surface area contributed by atoms with Gasteiger partial charge in [0, 0.05) is 6.04 Å². The second-order valence-corrected chi connectivity index (χ2v) is 7.46. The van der Waals surface area contributed by atoms with Gasteiger partial charge < -0.3 is 0 Å². The molecule has 5 aromatic rings. The lowest BCUT2D eigenvalue weighted by atomic mass is 10.2. The van der Waals surface area contributed by atoms with E-state index in [1.54, 1.807) is 34.3 Å². The Morgan fingerprint density at radius 1 is 0.967 bits per heavy atom. The van der Waals surface area contributed by atoms with Gasteiger partial charge in [-0.25, -0.2) is 19.3 Å². The molecule has 1 atom stereocenters. The average Bonchev–Trinajstić information content (AvgIpc) is 3.05. The molecule has 30 heavy (non-hydrogen) atoms. The Hall–Kier alpha value is -3.61. The number of aromatic nitrogens is 5. The van der Waals surface area contributed by atoms with Crippen LogP contribution in [0.25, 0.3) is 38.9 Å². The molecule has 150 valence electrons. The van der Waals surface area contributed by atoms with Gasteiger partial charge in [-0.05, 0) is 44.5 Å². The minimum absolute atomic E-state index is 0.0188. The number of nitrogens with zero attached hydrogens (tertiary/aromatic N) is 5. The zero-order valence-electron chi connectivity index (χ0n) is 16.9. The molecule has 0 amide bonds. The molecule has 6 nitrogen and oxygen atoms in total. The Balaban J connectivity index is 2.05. The average molecular weight is 401 g/mol. The number of hydrogen-bond acceptors (Lipinski definition) is 4. The predicted octanol–water partition coefficient (Wildman–Crippen LogP) is 4.70. The number of hydrogen-bond donors (Lipinski definition) is 0. The van der Waals surface area contributed by atoms with Crippen LogP contribution in [0.5, 0.6) is 0 Å². The lowest BCUT2D eigenvalue weighted by molar-refractivity contribution is 0.497. The summed E-state index contributed by atoms with van der Waals surface area (Å²) in [6, 6.07) is 13.8. The molecule has 0 unspecified atom stereocenters. The van der Waals surface area contributed by atoms with E-state index in [1.807, 2.05) is 38.1 Å². The van der Waals surface area contributed by atoms with Gasteiger partial charge >= 0.3 is 0 Å². The molecule has 0 N–H and O–H groups in total. The molecular weight excluding hydrogens is 381 g/mol. The fraction of sp³-hybridized carbons (Fsp3) is 0.217. The van der Waals surface area contributed by atoms with E-state index in [-0.39, 0.29) is 17.3 Å². The predicted molar refractivity (Wildman–Crippen MR) is 116 cm³/mol. The molecule has 5 rings (SSSR count). The number of para-hydroxylation sites is 3. The number of fused-ring (bicyclic) bond motifs is 4. The highest BCUT2D eigenvalue weighted by molar-refractivity contribution is 6.05. The van der Waals surface area contributed by atoms with E-state index in [9.17, 15) is 9.18 Å². The lowest BCUT2D eigenvalue weighted by Crippen LogP contribution is -2.26. The van der Waals surface area contributed by atoms with E-state index in [4.69, 9.17) is 15.0 Å². The van der Waals surface area contributed by atoms with Crippen molar-refractivity contribution in [1.82, 2.24) is 24.1 Å². The summed E-state index contributed by atoms with van der Waals surface area (Å²) in [5, 5.41) is 0.359. The second kappa shape index (κ2) is 6.73. The largest absolute Gasteiger partial charge is 0.293 e. The van der Waals surface area contributed by atoms with E-state index < -0.39 is 5.82 Å². The molecule has 0 saturated heterocycles. The normalized spacial score (nSPS) is 12.8. The molecule has 0 bridgehead atoms. The standard InChI is InChI=1S/C23H20FN5O/c1-4-13(2)28-14(3)25-21-19(23(28)30)20-22(27-17-11-7-6-10-16(17)26-20)29(21)18-12-8-5-9-15(18)24/h5-13H,4H2,1-3H3/t13-/m0/s1. The summed E-state index contributed by atoms with van der Waals surface area (Å²) in [5.74, 6) is 0.156. The summed E-state index contributed by atoms with van der Waals surface area (Å²) in [6.45, 7) is 5.81. The monoisotopic (exact) mass is 401 g/mol. The molecule has 0 aliphatic heterocycles. The molecule has 0 radical (unpaired) electrons. The Bertz CT molecular complexity index is 1500. The zero-order valence-corrected chi connectivity index (χ0v) is 16.9. The molecule has 0 saturated carbocycles. The highest BCUT2D eigenvalue weighted by Crippen LogP contribution is 2.30. The third-order valence-corrected chi connectivity index (χ3v) is 5.61. The van der Waals surface area contributed by atoms with Gasteiger partial charge in [0.15, 0.2) is 11.3 Å². The fourth-order valence-corrected chi connectivity index (χ4v) is 3.97. The highest BCUT2D eigenvalue weighted by Gasteiger charge is 2.24. The van der Waals surface area contributed by atoms with Crippen LogP contribution >= 0.6 is 0 Å². The van der Waals surface area contributed by atoms with Crippen molar-refractivity contribution in [3.05, 3.63) is 70.5 Å². The third-order valence-electron chi connectivity index (χ3n) is 5.61. The van der Waals surface area contributed by atoms with Crippen LogP contribution in [-0.4, -0.2) is 24.1 Å². The number of benzene rings is 2. The molecule has 0 aliphatic rings. The maximum Gasteiger partial charge on any atom is 0.265 e. The van der Waals surface area contributed by atoms with Gasteiger partial charge in [-0.2, -0.15) is 0 Å². The van der Waals surface area contributed by atoms with Crippen LogP contribution in [-0.2, 0) is 0 Å². The first-order chi connectivity index (χ1) is 14.5. The van der Waals surface area contributed by atoms with Gasteiger partial charge in [0.2, 0.25) is 0 Å². The zero-order chi connectivity index (χ0) is 21.0. The first kappa shape index (κ1) is 18.4. The van der Waals surface area contributed by atoms with Gasteiger partial charge in [-0.15, -0.1) is 0 Å². The summed E-state index contributed by atoms with van der Waals surface area (Å²) in [5.41, 5.74) is 2.66. The lowest BCUT2D eigenvalue weighted by Gasteiger charge is -2.16. The minimum atomic E-state index is -0.420. The van der Waals surface area contributed by atoms with Crippen LogP contribution in [0, 0.1) is 12.7 Å². The molecular formula is C23H20FN5O. The Kier molecular flexibility index (Phi) is 4.13. The van der Waals surface area contributed by atoms with Crippen LogP contribution in [0.2, 0.25) is 0 Å². The first-order valence-corrected chi connectivity index (χ1v) is 9.96. The van der Waals surface area contributed by atoms with Gasteiger partial charge in [-0.3, -0.25) is 13.9 Å². The number of aryl methyl sites for hydroxylation is 1. The first-order valence-electron chi connectivity index (χ1n) is 9.96. The van der Waals surface area contributed by atoms with E-state index in [1.165, 1.54) is 6.07 Å². The van der Waals surface area contributed by atoms with Crippen LogP contribution in [0.1, 0.15) is 32.1 Å². The summed E-state index contributed by atoms with van der Waals surface area (Å²) in [6.07, 6.45) is 0.786. The Morgan fingerprint density at radius 3 is 2.33 bits per heavy atom. The molecule has 3 heterocycles.